The lowest BCUT2D eigenvalue weighted by atomic mass is 9.87. The van der Waals surface area contributed by atoms with Crippen LogP contribution in [-0.4, -0.2) is 92.5 Å². The zero-order valence-electron chi connectivity index (χ0n) is 24.6. The van der Waals surface area contributed by atoms with Gasteiger partial charge in [0.2, 0.25) is 5.91 Å². The van der Waals surface area contributed by atoms with Gasteiger partial charge in [0.25, 0.3) is 5.91 Å². The lowest BCUT2D eigenvalue weighted by Gasteiger charge is -2.34. The zero-order valence-corrected chi connectivity index (χ0v) is 24.6. The van der Waals surface area contributed by atoms with Crippen LogP contribution in [0.25, 0.3) is 0 Å². The van der Waals surface area contributed by atoms with Crippen molar-refractivity contribution in [1.29, 1.82) is 0 Å². The van der Waals surface area contributed by atoms with E-state index in [-0.39, 0.29) is 17.8 Å². The van der Waals surface area contributed by atoms with Crippen LogP contribution in [0.1, 0.15) is 54.4 Å². The molecule has 1 saturated heterocycles. The zero-order chi connectivity index (χ0) is 29.0. The van der Waals surface area contributed by atoms with Crippen LogP contribution in [0, 0.1) is 5.92 Å². The largest absolute Gasteiger partial charge is 0.494 e. The van der Waals surface area contributed by atoms with Crippen LogP contribution in [0.3, 0.4) is 0 Å². The summed E-state index contributed by atoms with van der Waals surface area (Å²) in [6, 6.07) is 14.6. The normalized spacial score (nSPS) is 16.0. The van der Waals surface area contributed by atoms with Crippen molar-refractivity contribution in [3.8, 4) is 5.75 Å². The van der Waals surface area contributed by atoms with E-state index in [9.17, 15) is 14.4 Å². The average Bonchev–Trinajstić information content (AvgIpc) is 2.98. The summed E-state index contributed by atoms with van der Waals surface area (Å²) in [5.41, 5.74) is 2.17. The highest BCUT2D eigenvalue weighted by Gasteiger charge is 2.25. The molecule has 9 nitrogen and oxygen atoms in total. The molecule has 1 saturated carbocycles. The standard InChI is InChI=1S/C32H45N5O4/c1-35(2)17-16-33-30(38)23-26-11-13-28(14-12-26)34-32(40)37-20-18-36(19-21-37)31(39)27-9-6-10-29(24-27)41-22-15-25-7-4-3-5-8-25/h6,9-14,24-25H,3-5,7-8,15-23H2,1-2H3,(H,33,38)(H,34,40). The number of hydrogen-bond acceptors (Lipinski definition) is 5. The number of anilines is 1. The summed E-state index contributed by atoms with van der Waals surface area (Å²) >= 11 is 0. The Bertz CT molecular complexity index is 1140. The maximum absolute atomic E-state index is 13.2. The minimum absolute atomic E-state index is 0.0232. The molecule has 4 amide bonds. The summed E-state index contributed by atoms with van der Waals surface area (Å²) in [6.07, 6.45) is 7.99. The van der Waals surface area contributed by atoms with E-state index >= 15 is 0 Å². The Balaban J connectivity index is 1.18. The molecule has 0 aromatic heterocycles. The molecule has 0 unspecified atom stereocenters. The highest BCUT2D eigenvalue weighted by atomic mass is 16.5. The molecule has 9 heteroatoms. The number of likely N-dealkylation sites (N-methyl/N-ethyl adjacent to an activating group) is 1. The minimum Gasteiger partial charge on any atom is -0.494 e. The number of nitrogens with one attached hydrogen (secondary N) is 2. The average molecular weight is 564 g/mol. The van der Waals surface area contributed by atoms with Gasteiger partial charge in [-0.3, -0.25) is 9.59 Å². The predicted molar refractivity (Wildman–Crippen MR) is 161 cm³/mol. The quantitative estimate of drug-likeness (QED) is 0.427. The monoisotopic (exact) mass is 563 g/mol. The van der Waals surface area contributed by atoms with Gasteiger partial charge >= 0.3 is 6.03 Å². The molecule has 1 aliphatic carbocycles. The van der Waals surface area contributed by atoms with E-state index in [1.165, 1.54) is 32.1 Å². The van der Waals surface area contributed by atoms with Gasteiger partial charge in [-0.2, -0.15) is 0 Å². The fourth-order valence-electron chi connectivity index (χ4n) is 5.41. The number of hydrogen-bond donors (Lipinski definition) is 2. The summed E-state index contributed by atoms with van der Waals surface area (Å²) in [7, 11) is 3.93. The molecule has 0 bridgehead atoms. The maximum atomic E-state index is 13.2. The number of urea groups is 1. The molecule has 0 spiro atoms. The van der Waals surface area contributed by atoms with Crippen LogP contribution < -0.4 is 15.4 Å². The SMILES string of the molecule is CN(C)CCNC(=O)Cc1ccc(NC(=O)N2CCN(C(=O)c3cccc(OCCC4CCCCC4)c3)CC2)cc1. The van der Waals surface area contributed by atoms with Crippen molar-refractivity contribution in [2.45, 2.75) is 44.9 Å². The van der Waals surface area contributed by atoms with Crippen LogP contribution in [0.15, 0.2) is 48.5 Å². The number of benzene rings is 2. The highest BCUT2D eigenvalue weighted by molar-refractivity contribution is 5.95. The van der Waals surface area contributed by atoms with Gasteiger partial charge in [-0.25, -0.2) is 4.79 Å². The van der Waals surface area contributed by atoms with Crippen molar-refractivity contribution in [1.82, 2.24) is 20.0 Å². The Kier molecular flexibility index (Phi) is 11.4. The Morgan fingerprint density at radius 3 is 2.34 bits per heavy atom. The molecule has 222 valence electrons. The molecule has 1 heterocycles. The number of nitrogens with zero attached hydrogens (tertiary/aromatic N) is 3. The lowest BCUT2D eigenvalue weighted by Crippen LogP contribution is -2.51. The van der Waals surface area contributed by atoms with Crippen LogP contribution >= 0.6 is 0 Å². The third-order valence-electron chi connectivity index (χ3n) is 7.91. The molecule has 4 rings (SSSR count). The van der Waals surface area contributed by atoms with E-state index in [1.54, 1.807) is 9.80 Å². The number of amides is 4. The van der Waals surface area contributed by atoms with Gasteiger partial charge in [0, 0.05) is 50.5 Å². The van der Waals surface area contributed by atoms with Crippen molar-refractivity contribution in [3.63, 3.8) is 0 Å². The van der Waals surface area contributed by atoms with E-state index in [2.05, 4.69) is 10.6 Å². The van der Waals surface area contributed by atoms with Crippen molar-refractivity contribution < 1.29 is 19.1 Å². The predicted octanol–water partition coefficient (Wildman–Crippen LogP) is 4.25. The van der Waals surface area contributed by atoms with Crippen LogP contribution in [0.2, 0.25) is 0 Å². The van der Waals surface area contributed by atoms with Gasteiger partial charge in [-0.1, -0.05) is 50.3 Å². The molecule has 0 atom stereocenters. The Morgan fingerprint density at radius 1 is 0.927 bits per heavy atom. The minimum atomic E-state index is -0.195. The first-order valence-electron chi connectivity index (χ1n) is 15.0. The Hall–Kier alpha value is -3.59. The number of rotatable bonds is 11. The summed E-state index contributed by atoms with van der Waals surface area (Å²) in [5.74, 6) is 1.44. The molecule has 41 heavy (non-hydrogen) atoms. The number of piperazine rings is 1. The maximum Gasteiger partial charge on any atom is 0.321 e. The second kappa shape index (κ2) is 15.4. The summed E-state index contributed by atoms with van der Waals surface area (Å²) < 4.78 is 5.99. The summed E-state index contributed by atoms with van der Waals surface area (Å²) in [5, 5.41) is 5.83. The number of carbonyl (C=O) groups excluding carboxylic acids is 3. The Morgan fingerprint density at radius 2 is 1.63 bits per heavy atom. The number of ether oxygens (including phenoxy) is 1. The molecular weight excluding hydrogens is 518 g/mol. The van der Waals surface area contributed by atoms with E-state index in [4.69, 9.17) is 4.74 Å². The molecule has 2 aliphatic rings. The highest BCUT2D eigenvalue weighted by Crippen LogP contribution is 2.26. The number of carbonyl (C=O) groups is 3. The van der Waals surface area contributed by atoms with Crippen LogP contribution in [-0.2, 0) is 11.2 Å². The molecule has 0 radical (unpaired) electrons. The summed E-state index contributed by atoms with van der Waals surface area (Å²) in [6.45, 7) is 3.95. The lowest BCUT2D eigenvalue weighted by molar-refractivity contribution is -0.120. The smallest absolute Gasteiger partial charge is 0.321 e. The molecule has 1 aliphatic heterocycles. The van der Waals surface area contributed by atoms with Crippen molar-refractivity contribution >= 4 is 23.5 Å². The topological polar surface area (TPSA) is 94.2 Å². The van der Waals surface area contributed by atoms with E-state index in [1.807, 2.05) is 67.5 Å². The van der Waals surface area contributed by atoms with Crippen LogP contribution in [0.5, 0.6) is 5.75 Å². The summed E-state index contributed by atoms with van der Waals surface area (Å²) in [4.78, 5) is 43.6. The first-order valence-corrected chi connectivity index (χ1v) is 15.0. The first kappa shape index (κ1) is 30.4. The van der Waals surface area contributed by atoms with E-state index < -0.39 is 0 Å². The third kappa shape index (κ3) is 9.78. The van der Waals surface area contributed by atoms with Gasteiger partial charge in [0.15, 0.2) is 0 Å². The van der Waals surface area contributed by atoms with Gasteiger partial charge in [-0.15, -0.1) is 0 Å². The fourth-order valence-corrected chi connectivity index (χ4v) is 5.41. The molecular formula is C32H45N5O4. The molecule has 2 N–H and O–H groups in total. The second-order valence-electron chi connectivity index (χ2n) is 11.4. The van der Waals surface area contributed by atoms with Gasteiger partial charge < -0.3 is 30.1 Å². The van der Waals surface area contributed by atoms with Crippen molar-refractivity contribution in [3.05, 3.63) is 59.7 Å². The van der Waals surface area contributed by atoms with Crippen LogP contribution in [0.4, 0.5) is 10.5 Å². The van der Waals surface area contributed by atoms with E-state index in [0.717, 1.165) is 30.2 Å². The third-order valence-corrected chi connectivity index (χ3v) is 7.91. The van der Waals surface area contributed by atoms with E-state index in [0.29, 0.717) is 57.0 Å². The Labute approximate surface area is 244 Å². The van der Waals surface area contributed by atoms with Crippen molar-refractivity contribution in [2.24, 2.45) is 5.92 Å². The fraction of sp³-hybridized carbons (Fsp3) is 0.531. The van der Waals surface area contributed by atoms with Gasteiger partial charge in [0.05, 0.1) is 13.0 Å². The first-order chi connectivity index (χ1) is 19.9. The second-order valence-corrected chi connectivity index (χ2v) is 11.4. The molecule has 2 aromatic carbocycles. The van der Waals surface area contributed by atoms with Crippen molar-refractivity contribution in [2.75, 3.05) is 65.3 Å². The van der Waals surface area contributed by atoms with Gasteiger partial charge in [0.1, 0.15) is 5.75 Å². The molecule has 2 aromatic rings. The van der Waals surface area contributed by atoms with Gasteiger partial charge in [-0.05, 0) is 62.3 Å². The molecule has 2 fully saturated rings.